The number of ether oxygens (including phenoxy) is 2. The molecule has 0 atom stereocenters. The molecule has 1 aromatic carbocycles. The summed E-state index contributed by atoms with van der Waals surface area (Å²) in [6.07, 6.45) is 1.83. The summed E-state index contributed by atoms with van der Waals surface area (Å²) in [6.45, 7) is 6.88. The predicted molar refractivity (Wildman–Crippen MR) is 109 cm³/mol. The Labute approximate surface area is 166 Å². The van der Waals surface area contributed by atoms with Crippen LogP contribution in [0.2, 0.25) is 0 Å². The summed E-state index contributed by atoms with van der Waals surface area (Å²) < 4.78 is 10.9. The van der Waals surface area contributed by atoms with Crippen LogP contribution in [0.15, 0.2) is 30.5 Å². The Bertz CT molecular complexity index is 792. The molecule has 28 heavy (non-hydrogen) atoms. The van der Waals surface area contributed by atoms with Crippen molar-refractivity contribution in [2.24, 2.45) is 0 Å². The van der Waals surface area contributed by atoms with Crippen molar-refractivity contribution in [1.29, 1.82) is 0 Å². The van der Waals surface area contributed by atoms with Crippen molar-refractivity contribution >= 4 is 11.8 Å². The van der Waals surface area contributed by atoms with Crippen molar-refractivity contribution in [1.82, 2.24) is 19.8 Å². The maximum Gasteiger partial charge on any atom is 0.231 e. The first-order valence-electron chi connectivity index (χ1n) is 9.75. The van der Waals surface area contributed by atoms with Crippen molar-refractivity contribution in [3.8, 4) is 11.5 Å². The van der Waals surface area contributed by atoms with E-state index >= 15 is 0 Å². The summed E-state index contributed by atoms with van der Waals surface area (Å²) in [7, 11) is 4.13. The van der Waals surface area contributed by atoms with Crippen LogP contribution in [0.5, 0.6) is 11.5 Å². The van der Waals surface area contributed by atoms with Crippen molar-refractivity contribution in [2.75, 3.05) is 70.4 Å². The van der Waals surface area contributed by atoms with E-state index in [4.69, 9.17) is 9.47 Å². The van der Waals surface area contributed by atoms with Gasteiger partial charge in [-0.05, 0) is 37.9 Å². The van der Waals surface area contributed by atoms with Crippen LogP contribution >= 0.6 is 0 Å². The summed E-state index contributed by atoms with van der Waals surface area (Å²) >= 11 is 0. The second kappa shape index (κ2) is 8.62. The van der Waals surface area contributed by atoms with Crippen LogP contribution < -0.4 is 19.7 Å². The number of hydrogen-bond donors (Lipinski definition) is 1. The molecule has 8 nitrogen and oxygen atoms in total. The Morgan fingerprint density at radius 1 is 1.07 bits per heavy atom. The molecule has 0 aliphatic carbocycles. The SMILES string of the molecule is CN(C)CCNc1ccnc(N2CCN(Cc3ccc4c(c3)OCO4)CC2)n1. The molecule has 2 aliphatic rings. The van der Waals surface area contributed by atoms with E-state index in [2.05, 4.69) is 56.2 Å². The van der Waals surface area contributed by atoms with Crippen LogP contribution in [-0.4, -0.2) is 79.9 Å². The fourth-order valence-corrected chi connectivity index (χ4v) is 3.41. The Kier molecular flexibility index (Phi) is 5.78. The van der Waals surface area contributed by atoms with Gasteiger partial charge in [0.25, 0.3) is 0 Å². The average molecular weight is 384 g/mol. The Morgan fingerprint density at radius 2 is 1.89 bits per heavy atom. The number of hydrogen-bond acceptors (Lipinski definition) is 8. The normalized spacial score (nSPS) is 16.6. The Morgan fingerprint density at radius 3 is 2.71 bits per heavy atom. The molecule has 0 spiro atoms. The number of likely N-dealkylation sites (N-methyl/N-ethyl adjacent to an activating group) is 1. The fraction of sp³-hybridized carbons (Fsp3) is 0.500. The highest BCUT2D eigenvalue weighted by molar-refractivity contribution is 5.44. The van der Waals surface area contributed by atoms with Gasteiger partial charge in [0.05, 0.1) is 0 Å². The van der Waals surface area contributed by atoms with Gasteiger partial charge >= 0.3 is 0 Å². The molecule has 1 fully saturated rings. The minimum Gasteiger partial charge on any atom is -0.454 e. The van der Waals surface area contributed by atoms with Gasteiger partial charge in [-0.25, -0.2) is 4.98 Å². The summed E-state index contributed by atoms with van der Waals surface area (Å²) in [6, 6.07) is 8.12. The zero-order valence-corrected chi connectivity index (χ0v) is 16.6. The number of piperazine rings is 1. The molecule has 2 aliphatic heterocycles. The average Bonchev–Trinajstić information content (AvgIpc) is 3.16. The fourth-order valence-electron chi connectivity index (χ4n) is 3.41. The number of fused-ring (bicyclic) bond motifs is 1. The van der Waals surface area contributed by atoms with Crippen molar-refractivity contribution < 1.29 is 9.47 Å². The van der Waals surface area contributed by atoms with Gasteiger partial charge in [0.1, 0.15) is 5.82 Å². The van der Waals surface area contributed by atoms with Gasteiger partial charge < -0.3 is 24.6 Å². The molecule has 1 aromatic heterocycles. The van der Waals surface area contributed by atoms with Crippen molar-refractivity contribution in [3.63, 3.8) is 0 Å². The van der Waals surface area contributed by atoms with Gasteiger partial charge in [-0.15, -0.1) is 0 Å². The lowest BCUT2D eigenvalue weighted by Gasteiger charge is -2.34. The first kappa shape index (κ1) is 18.8. The number of benzene rings is 1. The van der Waals surface area contributed by atoms with Crippen LogP contribution in [0.4, 0.5) is 11.8 Å². The monoisotopic (exact) mass is 384 g/mol. The van der Waals surface area contributed by atoms with E-state index in [1.54, 1.807) is 0 Å². The van der Waals surface area contributed by atoms with Crippen molar-refractivity contribution in [2.45, 2.75) is 6.54 Å². The second-order valence-electron chi connectivity index (χ2n) is 7.42. The summed E-state index contributed by atoms with van der Waals surface area (Å²) in [5.74, 6) is 3.38. The van der Waals surface area contributed by atoms with Crippen LogP contribution in [-0.2, 0) is 6.54 Å². The molecular weight excluding hydrogens is 356 g/mol. The lowest BCUT2D eigenvalue weighted by atomic mass is 10.1. The predicted octanol–water partition coefficient (Wildman–Crippen LogP) is 1.50. The van der Waals surface area contributed by atoms with E-state index in [1.807, 2.05) is 18.3 Å². The molecule has 1 N–H and O–H groups in total. The van der Waals surface area contributed by atoms with Gasteiger partial charge in [-0.2, -0.15) is 4.98 Å². The van der Waals surface area contributed by atoms with E-state index in [0.717, 1.165) is 69.1 Å². The van der Waals surface area contributed by atoms with Gasteiger partial charge in [-0.1, -0.05) is 6.07 Å². The lowest BCUT2D eigenvalue weighted by Crippen LogP contribution is -2.46. The molecule has 1 saturated heterocycles. The highest BCUT2D eigenvalue weighted by atomic mass is 16.7. The number of nitrogens with one attached hydrogen (secondary N) is 1. The number of nitrogens with zero attached hydrogens (tertiary/aromatic N) is 5. The third kappa shape index (κ3) is 4.63. The number of anilines is 2. The van der Waals surface area contributed by atoms with E-state index in [-0.39, 0.29) is 0 Å². The maximum absolute atomic E-state index is 5.48. The molecule has 0 radical (unpaired) electrons. The number of rotatable bonds is 7. The summed E-state index contributed by atoms with van der Waals surface area (Å²) in [5.41, 5.74) is 1.25. The van der Waals surface area contributed by atoms with Gasteiger partial charge in [0, 0.05) is 52.0 Å². The van der Waals surface area contributed by atoms with Gasteiger partial charge in [0.15, 0.2) is 11.5 Å². The van der Waals surface area contributed by atoms with Crippen LogP contribution in [0, 0.1) is 0 Å². The highest BCUT2D eigenvalue weighted by Gasteiger charge is 2.20. The maximum atomic E-state index is 5.48. The zero-order chi connectivity index (χ0) is 19.3. The van der Waals surface area contributed by atoms with Gasteiger partial charge in [0.2, 0.25) is 12.7 Å². The van der Waals surface area contributed by atoms with E-state index in [9.17, 15) is 0 Å². The van der Waals surface area contributed by atoms with E-state index in [0.29, 0.717) is 6.79 Å². The molecule has 0 amide bonds. The molecule has 4 rings (SSSR count). The second-order valence-corrected chi connectivity index (χ2v) is 7.42. The largest absolute Gasteiger partial charge is 0.454 e. The molecule has 2 aromatic rings. The minimum absolute atomic E-state index is 0.320. The van der Waals surface area contributed by atoms with Crippen LogP contribution in [0.1, 0.15) is 5.56 Å². The molecule has 150 valence electrons. The van der Waals surface area contributed by atoms with E-state index in [1.165, 1.54) is 5.56 Å². The summed E-state index contributed by atoms with van der Waals surface area (Å²) in [4.78, 5) is 16.0. The topological polar surface area (TPSA) is 66.0 Å². The molecule has 0 saturated carbocycles. The lowest BCUT2D eigenvalue weighted by molar-refractivity contribution is 0.174. The standard InChI is InChI=1S/C20H28N6O2/c1-24(2)8-7-21-19-5-6-22-20(23-19)26-11-9-25(10-12-26)14-16-3-4-17-18(13-16)28-15-27-17/h3-6,13H,7-12,14-15H2,1-2H3,(H,21,22,23). The van der Waals surface area contributed by atoms with E-state index < -0.39 is 0 Å². The highest BCUT2D eigenvalue weighted by Crippen LogP contribution is 2.32. The first-order valence-corrected chi connectivity index (χ1v) is 9.75. The molecule has 0 bridgehead atoms. The first-order chi connectivity index (χ1) is 13.7. The van der Waals surface area contributed by atoms with Gasteiger partial charge in [-0.3, -0.25) is 4.90 Å². The van der Waals surface area contributed by atoms with Crippen molar-refractivity contribution in [3.05, 3.63) is 36.0 Å². The van der Waals surface area contributed by atoms with Crippen LogP contribution in [0.25, 0.3) is 0 Å². The Balaban J connectivity index is 1.29. The van der Waals surface area contributed by atoms with Crippen LogP contribution in [0.3, 0.4) is 0 Å². The minimum atomic E-state index is 0.320. The Hall–Kier alpha value is -2.58. The molecule has 8 heteroatoms. The smallest absolute Gasteiger partial charge is 0.231 e. The molecule has 0 unspecified atom stereocenters. The molecule has 3 heterocycles. The third-order valence-electron chi connectivity index (χ3n) is 5.01. The number of aromatic nitrogens is 2. The molecular formula is C20H28N6O2. The summed E-state index contributed by atoms with van der Waals surface area (Å²) in [5, 5.41) is 3.37. The third-order valence-corrected chi connectivity index (χ3v) is 5.01. The zero-order valence-electron chi connectivity index (χ0n) is 16.6. The quantitative estimate of drug-likeness (QED) is 0.771.